The number of nitrogens with zero attached hydrogens (tertiary/aromatic N) is 1. The molecule has 2 aromatic carbocycles. The SMILES string of the molecule is CCC1CCCCN1C(=O)c1ccc(S(=O)(=O)Nc2cccc(C(F)(F)F)c2)cc1. The monoisotopic (exact) mass is 440 g/mol. The minimum Gasteiger partial charge on any atom is -0.336 e. The van der Waals surface area contributed by atoms with E-state index < -0.39 is 21.8 Å². The third-order valence-corrected chi connectivity index (χ3v) is 6.61. The van der Waals surface area contributed by atoms with E-state index in [2.05, 4.69) is 4.72 Å². The predicted octanol–water partition coefficient (Wildman–Crippen LogP) is 4.91. The van der Waals surface area contributed by atoms with Crippen molar-refractivity contribution in [2.24, 2.45) is 0 Å². The number of benzene rings is 2. The number of piperidine rings is 1. The molecule has 1 heterocycles. The van der Waals surface area contributed by atoms with Crippen LogP contribution in [0.4, 0.5) is 18.9 Å². The second-order valence-electron chi connectivity index (χ2n) is 7.26. The molecule has 1 amide bonds. The van der Waals surface area contributed by atoms with Gasteiger partial charge in [-0.25, -0.2) is 8.42 Å². The van der Waals surface area contributed by atoms with Gasteiger partial charge in [0, 0.05) is 23.8 Å². The molecule has 1 atom stereocenters. The van der Waals surface area contributed by atoms with Crippen LogP contribution in [-0.2, 0) is 16.2 Å². The van der Waals surface area contributed by atoms with Crippen LogP contribution in [0.5, 0.6) is 0 Å². The molecule has 0 bridgehead atoms. The van der Waals surface area contributed by atoms with Gasteiger partial charge in [0.05, 0.1) is 10.5 Å². The first-order valence-corrected chi connectivity index (χ1v) is 11.2. The third kappa shape index (κ3) is 4.95. The molecule has 1 aliphatic heterocycles. The maximum absolute atomic E-state index is 12.8. The number of halogens is 3. The maximum atomic E-state index is 12.8. The molecule has 0 aromatic heterocycles. The zero-order chi connectivity index (χ0) is 21.9. The average molecular weight is 440 g/mol. The number of rotatable bonds is 5. The van der Waals surface area contributed by atoms with Crippen molar-refractivity contribution >= 4 is 21.6 Å². The predicted molar refractivity (Wildman–Crippen MR) is 108 cm³/mol. The number of carbonyl (C=O) groups is 1. The zero-order valence-electron chi connectivity index (χ0n) is 16.4. The highest BCUT2D eigenvalue weighted by atomic mass is 32.2. The zero-order valence-corrected chi connectivity index (χ0v) is 17.3. The van der Waals surface area contributed by atoms with Crippen molar-refractivity contribution in [2.75, 3.05) is 11.3 Å². The topological polar surface area (TPSA) is 66.5 Å². The van der Waals surface area contributed by atoms with Crippen LogP contribution in [0.15, 0.2) is 53.4 Å². The second-order valence-corrected chi connectivity index (χ2v) is 8.95. The number of nitrogens with one attached hydrogen (secondary N) is 1. The van der Waals surface area contributed by atoms with Gasteiger partial charge in [0.2, 0.25) is 0 Å². The summed E-state index contributed by atoms with van der Waals surface area (Å²) in [4.78, 5) is 14.5. The van der Waals surface area contributed by atoms with E-state index >= 15 is 0 Å². The summed E-state index contributed by atoms with van der Waals surface area (Å²) in [5, 5.41) is 0. The summed E-state index contributed by atoms with van der Waals surface area (Å²) in [5.41, 5.74) is -0.756. The van der Waals surface area contributed by atoms with Crippen LogP contribution in [0, 0.1) is 0 Å². The van der Waals surface area contributed by atoms with Gasteiger partial charge in [-0.05, 0) is 68.1 Å². The van der Waals surface area contributed by atoms with Gasteiger partial charge < -0.3 is 4.90 Å². The van der Waals surface area contributed by atoms with E-state index in [1.807, 2.05) is 11.8 Å². The fourth-order valence-corrected chi connectivity index (χ4v) is 4.66. The molecule has 2 aromatic rings. The summed E-state index contributed by atoms with van der Waals surface area (Å²) in [7, 11) is -4.10. The van der Waals surface area contributed by atoms with Gasteiger partial charge in [-0.2, -0.15) is 13.2 Å². The van der Waals surface area contributed by atoms with Gasteiger partial charge in [-0.1, -0.05) is 13.0 Å². The summed E-state index contributed by atoms with van der Waals surface area (Å²) in [6, 6.07) is 9.59. The number of alkyl halides is 3. The van der Waals surface area contributed by atoms with Gasteiger partial charge in [-0.3, -0.25) is 9.52 Å². The molecule has 5 nitrogen and oxygen atoms in total. The first-order valence-electron chi connectivity index (χ1n) is 9.73. The van der Waals surface area contributed by atoms with Crippen molar-refractivity contribution in [3.8, 4) is 0 Å². The van der Waals surface area contributed by atoms with E-state index in [0.717, 1.165) is 43.9 Å². The summed E-state index contributed by atoms with van der Waals surface area (Å²) in [6.45, 7) is 2.71. The summed E-state index contributed by atoms with van der Waals surface area (Å²) in [5.74, 6) is -0.142. The lowest BCUT2D eigenvalue weighted by Crippen LogP contribution is -2.43. The number of carbonyl (C=O) groups excluding carboxylic acids is 1. The number of hydrogen-bond acceptors (Lipinski definition) is 3. The summed E-state index contributed by atoms with van der Waals surface area (Å²) < 4.78 is 65.8. The number of sulfonamides is 1. The minimum atomic E-state index is -4.58. The van der Waals surface area contributed by atoms with Gasteiger partial charge in [0.25, 0.3) is 15.9 Å². The minimum absolute atomic E-state index is 0.137. The normalized spacial score (nSPS) is 17.6. The summed E-state index contributed by atoms with van der Waals surface area (Å²) >= 11 is 0. The summed E-state index contributed by atoms with van der Waals surface area (Å²) in [6.07, 6.45) is -0.737. The Labute approximate surface area is 173 Å². The molecule has 3 rings (SSSR count). The highest BCUT2D eigenvalue weighted by Crippen LogP contribution is 2.31. The van der Waals surface area contributed by atoms with Crippen molar-refractivity contribution in [3.63, 3.8) is 0 Å². The molecule has 0 spiro atoms. The van der Waals surface area contributed by atoms with Crippen molar-refractivity contribution in [1.82, 2.24) is 4.90 Å². The van der Waals surface area contributed by atoms with E-state index in [9.17, 15) is 26.4 Å². The molecular weight excluding hydrogens is 417 g/mol. The van der Waals surface area contributed by atoms with Crippen molar-refractivity contribution in [3.05, 3.63) is 59.7 Å². The third-order valence-electron chi connectivity index (χ3n) is 5.21. The van der Waals surface area contributed by atoms with Gasteiger partial charge >= 0.3 is 6.18 Å². The van der Waals surface area contributed by atoms with Crippen LogP contribution in [0.1, 0.15) is 48.5 Å². The maximum Gasteiger partial charge on any atom is 0.416 e. The average Bonchev–Trinajstić information content (AvgIpc) is 2.72. The fourth-order valence-electron chi connectivity index (χ4n) is 3.61. The lowest BCUT2D eigenvalue weighted by molar-refractivity contribution is -0.137. The van der Waals surface area contributed by atoms with Crippen LogP contribution < -0.4 is 4.72 Å². The largest absolute Gasteiger partial charge is 0.416 e. The quantitative estimate of drug-likeness (QED) is 0.718. The first-order chi connectivity index (χ1) is 14.1. The van der Waals surface area contributed by atoms with Crippen LogP contribution in [0.3, 0.4) is 0 Å². The fraction of sp³-hybridized carbons (Fsp3) is 0.381. The van der Waals surface area contributed by atoms with Crippen LogP contribution in [0.2, 0.25) is 0 Å². The molecule has 1 fully saturated rings. The first kappa shape index (κ1) is 22.1. The van der Waals surface area contributed by atoms with Crippen LogP contribution in [0.25, 0.3) is 0 Å². The Bertz CT molecular complexity index is 1000. The lowest BCUT2D eigenvalue weighted by Gasteiger charge is -2.35. The standard InChI is InChI=1S/C21H23F3N2O3S/c1-2-18-8-3-4-13-26(18)20(27)15-9-11-19(12-10-15)30(28,29)25-17-7-5-6-16(14-17)21(22,23)24/h5-7,9-12,14,18,25H,2-4,8,13H2,1H3. The Hall–Kier alpha value is -2.55. The molecular formula is C21H23F3N2O3S. The number of anilines is 1. The molecule has 9 heteroatoms. The number of hydrogen-bond donors (Lipinski definition) is 1. The molecule has 1 saturated heterocycles. The van der Waals surface area contributed by atoms with Crippen LogP contribution >= 0.6 is 0 Å². The van der Waals surface area contributed by atoms with E-state index in [1.165, 1.54) is 30.3 Å². The molecule has 162 valence electrons. The van der Waals surface area contributed by atoms with Crippen molar-refractivity contribution in [2.45, 2.75) is 49.7 Å². The van der Waals surface area contributed by atoms with Gasteiger partial charge in [-0.15, -0.1) is 0 Å². The van der Waals surface area contributed by atoms with Gasteiger partial charge in [0.1, 0.15) is 0 Å². The van der Waals surface area contributed by atoms with Crippen LogP contribution in [-0.4, -0.2) is 31.8 Å². The highest BCUT2D eigenvalue weighted by Gasteiger charge is 2.31. The second kappa shape index (κ2) is 8.67. The Morgan fingerprint density at radius 2 is 1.83 bits per heavy atom. The van der Waals surface area contributed by atoms with E-state index in [-0.39, 0.29) is 22.5 Å². The molecule has 30 heavy (non-hydrogen) atoms. The van der Waals surface area contributed by atoms with E-state index in [0.29, 0.717) is 12.1 Å². The molecule has 1 unspecified atom stereocenters. The Kier molecular flexibility index (Phi) is 6.40. The molecule has 1 aliphatic rings. The molecule has 0 saturated carbocycles. The van der Waals surface area contributed by atoms with Crippen molar-refractivity contribution < 1.29 is 26.4 Å². The van der Waals surface area contributed by atoms with E-state index in [1.54, 1.807) is 0 Å². The number of amides is 1. The Balaban J connectivity index is 1.77. The lowest BCUT2D eigenvalue weighted by atomic mass is 9.99. The number of likely N-dealkylation sites (tertiary alicyclic amines) is 1. The Morgan fingerprint density at radius 1 is 1.13 bits per heavy atom. The smallest absolute Gasteiger partial charge is 0.336 e. The molecule has 1 N–H and O–H groups in total. The highest BCUT2D eigenvalue weighted by molar-refractivity contribution is 7.92. The van der Waals surface area contributed by atoms with E-state index in [4.69, 9.17) is 0 Å². The molecule has 0 aliphatic carbocycles. The Morgan fingerprint density at radius 3 is 2.47 bits per heavy atom. The van der Waals surface area contributed by atoms with Gasteiger partial charge in [0.15, 0.2) is 0 Å². The molecule has 0 radical (unpaired) electrons. The van der Waals surface area contributed by atoms with Crippen molar-refractivity contribution in [1.29, 1.82) is 0 Å².